The summed E-state index contributed by atoms with van der Waals surface area (Å²) in [7, 11) is 3.54. The summed E-state index contributed by atoms with van der Waals surface area (Å²) in [4.78, 5) is 27.9. The van der Waals surface area contributed by atoms with Crippen molar-refractivity contribution in [2.24, 2.45) is 0 Å². The number of aromatic nitrogens is 2. The molecule has 3 aliphatic heterocycles. The van der Waals surface area contributed by atoms with Gasteiger partial charge in [-0.2, -0.15) is 0 Å². The van der Waals surface area contributed by atoms with Crippen LogP contribution in [0.1, 0.15) is 42.4 Å². The van der Waals surface area contributed by atoms with Gasteiger partial charge in [-0.15, -0.1) is 0 Å². The molecule has 0 saturated carbocycles. The zero-order valence-corrected chi connectivity index (χ0v) is 21.7. The van der Waals surface area contributed by atoms with E-state index in [2.05, 4.69) is 45.6 Å². The van der Waals surface area contributed by atoms with Gasteiger partial charge in [0.15, 0.2) is 5.72 Å². The molecule has 0 unspecified atom stereocenters. The fourth-order valence-electron chi connectivity index (χ4n) is 7.63. The van der Waals surface area contributed by atoms with Crippen molar-refractivity contribution in [3.63, 3.8) is 0 Å². The van der Waals surface area contributed by atoms with Crippen LogP contribution in [-0.2, 0) is 26.5 Å². The number of likely N-dealkylation sites (N-methyl/N-ethyl adjacent to an activating group) is 1. The summed E-state index contributed by atoms with van der Waals surface area (Å²) in [6, 6.07) is 16.4. The average Bonchev–Trinajstić information content (AvgIpc) is 3.55. The third kappa shape index (κ3) is 2.39. The molecule has 38 heavy (non-hydrogen) atoms. The van der Waals surface area contributed by atoms with Gasteiger partial charge in [-0.25, -0.2) is 0 Å². The highest BCUT2D eigenvalue weighted by Crippen LogP contribution is 2.54. The Kier molecular flexibility index (Phi) is 4.17. The number of nitrogens with zero attached hydrogens (tertiary/aromatic N) is 3. The van der Waals surface area contributed by atoms with Gasteiger partial charge in [0.1, 0.15) is 12.3 Å². The lowest BCUT2D eigenvalue weighted by Crippen LogP contribution is -2.61. The molecule has 8 rings (SSSR count). The maximum absolute atomic E-state index is 13.4. The number of nitrogens with one attached hydrogen (secondary N) is 1. The van der Waals surface area contributed by atoms with Crippen LogP contribution in [0.3, 0.4) is 0 Å². The summed E-state index contributed by atoms with van der Waals surface area (Å²) < 4.78 is 17.9. The highest BCUT2D eigenvalue weighted by molar-refractivity contribution is 6.31. The Morgan fingerprint density at radius 3 is 2.47 bits per heavy atom. The molecule has 8 heteroatoms. The molecule has 1 N–H and O–H groups in total. The first-order chi connectivity index (χ1) is 18.4. The number of para-hydroxylation sites is 2. The molecule has 1 fully saturated rings. The Hall–Kier alpha value is -3.88. The topological polar surface area (TPSA) is 77.7 Å². The molecule has 3 aromatic carbocycles. The highest BCUT2D eigenvalue weighted by Gasteiger charge is 2.54. The van der Waals surface area contributed by atoms with Crippen molar-refractivity contribution in [3.8, 4) is 0 Å². The van der Waals surface area contributed by atoms with Gasteiger partial charge in [0.2, 0.25) is 5.91 Å². The number of amides is 2. The second-order valence-electron chi connectivity index (χ2n) is 10.9. The van der Waals surface area contributed by atoms with Gasteiger partial charge < -0.3 is 28.8 Å². The minimum absolute atomic E-state index is 0.0162. The normalized spacial score (nSPS) is 25.9. The summed E-state index contributed by atoms with van der Waals surface area (Å²) in [5.74, 6) is -0.0533. The Morgan fingerprint density at radius 2 is 1.76 bits per heavy atom. The molecule has 5 aromatic rings. The predicted molar refractivity (Wildman–Crippen MR) is 145 cm³/mol. The monoisotopic (exact) mass is 508 g/mol. The minimum Gasteiger partial charge on any atom is -0.374 e. The van der Waals surface area contributed by atoms with Crippen LogP contribution < -0.4 is 5.32 Å². The summed E-state index contributed by atoms with van der Waals surface area (Å²) in [6.07, 6.45) is -0.235. The van der Waals surface area contributed by atoms with Crippen LogP contribution in [0, 0.1) is 0 Å². The molecular weight excluding hydrogens is 480 g/mol. The summed E-state index contributed by atoms with van der Waals surface area (Å²) in [5, 5.41) is 7.27. The van der Waals surface area contributed by atoms with Gasteiger partial charge >= 0.3 is 0 Å². The van der Waals surface area contributed by atoms with Gasteiger partial charge in [-0.1, -0.05) is 36.4 Å². The van der Waals surface area contributed by atoms with Crippen molar-refractivity contribution < 1.29 is 19.1 Å². The quantitative estimate of drug-likeness (QED) is 0.378. The molecule has 8 nitrogen and oxygen atoms in total. The van der Waals surface area contributed by atoms with E-state index in [4.69, 9.17) is 9.47 Å². The van der Waals surface area contributed by atoms with E-state index in [1.165, 1.54) is 0 Å². The predicted octanol–water partition coefficient (Wildman–Crippen LogP) is 4.61. The van der Waals surface area contributed by atoms with Crippen molar-refractivity contribution in [1.82, 2.24) is 19.4 Å². The number of ether oxygens (including phenoxy) is 2. The number of fused-ring (bicyclic) bond motifs is 13. The Labute approximate surface area is 218 Å². The Morgan fingerprint density at radius 1 is 1.08 bits per heavy atom. The fourth-order valence-corrected chi connectivity index (χ4v) is 7.63. The van der Waals surface area contributed by atoms with Crippen molar-refractivity contribution in [2.75, 3.05) is 14.2 Å². The van der Waals surface area contributed by atoms with Gasteiger partial charge in [-0.3, -0.25) is 9.59 Å². The number of hydrogen-bond acceptors (Lipinski definition) is 4. The first-order valence-electron chi connectivity index (χ1n) is 13.1. The molecule has 3 aliphatic rings. The van der Waals surface area contributed by atoms with E-state index in [-0.39, 0.29) is 24.1 Å². The number of carbonyl (C=O) groups excluding carboxylic acids is 2. The maximum Gasteiger partial charge on any atom is 0.252 e. The Bertz CT molecular complexity index is 1880. The van der Waals surface area contributed by atoms with E-state index >= 15 is 0 Å². The van der Waals surface area contributed by atoms with Crippen LogP contribution in [0.5, 0.6) is 0 Å². The highest BCUT2D eigenvalue weighted by atomic mass is 16.6. The molecule has 0 radical (unpaired) electrons. The third-order valence-corrected chi connectivity index (χ3v) is 9.19. The van der Waals surface area contributed by atoms with E-state index < -0.39 is 11.8 Å². The van der Waals surface area contributed by atoms with Gasteiger partial charge in [0.05, 0.1) is 33.7 Å². The van der Waals surface area contributed by atoms with Gasteiger partial charge in [0, 0.05) is 55.6 Å². The van der Waals surface area contributed by atoms with Gasteiger partial charge in [-0.05, 0) is 24.6 Å². The van der Waals surface area contributed by atoms with Crippen molar-refractivity contribution in [2.45, 2.75) is 50.9 Å². The third-order valence-electron chi connectivity index (χ3n) is 9.19. The largest absolute Gasteiger partial charge is 0.374 e. The van der Waals surface area contributed by atoms with Gasteiger partial charge in [0.25, 0.3) is 5.91 Å². The Balaban J connectivity index is 1.66. The van der Waals surface area contributed by atoms with Crippen molar-refractivity contribution >= 4 is 55.4 Å². The zero-order chi connectivity index (χ0) is 26.1. The summed E-state index contributed by atoms with van der Waals surface area (Å²) >= 11 is 0. The number of hydrogen-bond donors (Lipinski definition) is 1. The molecule has 4 atom stereocenters. The second-order valence-corrected chi connectivity index (χ2v) is 10.9. The van der Waals surface area contributed by atoms with Crippen LogP contribution in [0.4, 0.5) is 0 Å². The number of rotatable bonds is 2. The molecular formula is C30H28N4O4. The average molecular weight is 509 g/mol. The molecule has 0 aliphatic carbocycles. The zero-order valence-electron chi connectivity index (χ0n) is 21.7. The van der Waals surface area contributed by atoms with Crippen molar-refractivity contribution in [3.05, 3.63) is 59.7 Å². The number of methoxy groups -OCH3 is 1. The van der Waals surface area contributed by atoms with E-state index in [0.29, 0.717) is 13.0 Å². The van der Waals surface area contributed by atoms with Crippen molar-refractivity contribution in [1.29, 1.82) is 0 Å². The minimum atomic E-state index is -0.926. The van der Waals surface area contributed by atoms with Crippen LogP contribution in [0.2, 0.25) is 0 Å². The van der Waals surface area contributed by atoms with E-state index in [0.717, 1.165) is 54.7 Å². The van der Waals surface area contributed by atoms with Crippen LogP contribution in [-0.4, -0.2) is 52.2 Å². The molecule has 5 heterocycles. The number of benzene rings is 3. The van der Waals surface area contributed by atoms with Crippen LogP contribution in [0.25, 0.3) is 43.6 Å². The van der Waals surface area contributed by atoms with E-state index in [1.54, 1.807) is 18.9 Å². The van der Waals surface area contributed by atoms with Crippen LogP contribution >= 0.6 is 0 Å². The maximum atomic E-state index is 13.4. The number of carbonyl (C=O) groups is 2. The standard InChI is InChI=1S/C30H28N4O4/c1-15(35)32(3)21-13-22-33-19-11-7-5-9-16(19)24-25-18(14-31-29(25)36)23-17-10-6-8-12-20(17)34(27(23)26(24)33)30(2,38-22)28(21)37-4/h5-12,21-22,28H,13-14H2,1-4H3,(H,31,36)/t21-,22+,28-,30+/m0/s1. The molecule has 192 valence electrons. The first kappa shape index (κ1) is 22.1. The van der Waals surface area contributed by atoms with E-state index in [1.807, 2.05) is 31.3 Å². The smallest absolute Gasteiger partial charge is 0.252 e. The SMILES string of the molecule is CO[C@H]1[C@@H](N(C)C(C)=O)C[C@H]2O[C@@]1(C)n1c3ccccc3c3c4c(c5c6ccccc6n2c5c31)C(=O)NC4. The summed E-state index contributed by atoms with van der Waals surface area (Å²) in [6.45, 7) is 4.16. The molecule has 2 amide bonds. The molecule has 0 spiro atoms. The fraction of sp³-hybridized carbons (Fsp3) is 0.333. The first-order valence-corrected chi connectivity index (χ1v) is 13.1. The molecule has 1 saturated heterocycles. The van der Waals surface area contributed by atoms with E-state index in [9.17, 15) is 9.59 Å². The lowest BCUT2D eigenvalue weighted by molar-refractivity contribution is -0.266. The van der Waals surface area contributed by atoms with Crippen LogP contribution in [0.15, 0.2) is 48.5 Å². The second kappa shape index (κ2) is 7.15. The lowest BCUT2D eigenvalue weighted by Gasteiger charge is -2.50. The molecule has 2 aromatic heterocycles. The lowest BCUT2D eigenvalue weighted by atomic mass is 9.91. The molecule has 2 bridgehead atoms. The summed E-state index contributed by atoms with van der Waals surface area (Å²) in [5.41, 5.74) is 4.95.